The fraction of sp³-hybridized carbons (Fsp3) is 0.938. The Morgan fingerprint density at radius 1 is 1.10 bits per heavy atom. The monoisotopic (exact) mass is 281 g/mol. The number of carbonyl (C=O) groups is 1. The van der Waals surface area contributed by atoms with Gasteiger partial charge in [-0.25, -0.2) is 0 Å². The third-order valence-electron chi connectivity index (χ3n) is 5.30. The summed E-state index contributed by atoms with van der Waals surface area (Å²) in [6, 6.07) is 0. The minimum absolute atomic E-state index is 0.169. The maximum Gasteiger partial charge on any atom is 0.242 e. The van der Waals surface area contributed by atoms with Crippen LogP contribution in [0.4, 0.5) is 0 Å². The molecule has 0 aliphatic carbocycles. The average molecular weight is 281 g/mol. The second-order valence-electron chi connectivity index (χ2n) is 6.61. The van der Waals surface area contributed by atoms with Crippen LogP contribution >= 0.6 is 0 Å². The van der Waals surface area contributed by atoms with Gasteiger partial charge in [0, 0.05) is 19.6 Å². The first-order valence-electron chi connectivity index (χ1n) is 8.39. The predicted octanol–water partition coefficient (Wildman–Crippen LogP) is 1.84. The summed E-state index contributed by atoms with van der Waals surface area (Å²) in [7, 11) is 0. The summed E-state index contributed by atoms with van der Waals surface area (Å²) in [5.74, 6) is 0.940. The van der Waals surface area contributed by atoms with Gasteiger partial charge >= 0.3 is 0 Å². The molecule has 116 valence electrons. The third kappa shape index (κ3) is 3.53. The Morgan fingerprint density at radius 3 is 2.15 bits per heavy atom. The van der Waals surface area contributed by atoms with Crippen molar-refractivity contribution in [3.63, 3.8) is 0 Å². The Bertz CT molecular complexity index is 314. The zero-order valence-corrected chi connectivity index (χ0v) is 13.2. The molecule has 0 bridgehead atoms. The molecule has 0 spiro atoms. The summed E-state index contributed by atoms with van der Waals surface area (Å²) in [5, 5.41) is 0. The minimum atomic E-state index is -0.637. The van der Waals surface area contributed by atoms with Crippen LogP contribution in [0.3, 0.4) is 0 Å². The van der Waals surface area contributed by atoms with E-state index in [4.69, 9.17) is 5.73 Å². The van der Waals surface area contributed by atoms with Gasteiger partial charge in [-0.05, 0) is 57.5 Å². The molecular formula is C16H31N3O. The first-order valence-corrected chi connectivity index (χ1v) is 8.39. The number of carbonyl (C=O) groups excluding carboxylic acids is 1. The summed E-state index contributed by atoms with van der Waals surface area (Å²) in [6.07, 6.45) is 6.48. The Hall–Kier alpha value is -0.610. The van der Waals surface area contributed by atoms with Gasteiger partial charge in [0.05, 0.1) is 5.54 Å². The van der Waals surface area contributed by atoms with E-state index in [1.54, 1.807) is 0 Å². The van der Waals surface area contributed by atoms with Crippen LogP contribution in [-0.4, -0.2) is 54.0 Å². The van der Waals surface area contributed by atoms with E-state index in [0.717, 1.165) is 44.7 Å². The average Bonchev–Trinajstić information content (AvgIpc) is 2.99. The highest BCUT2D eigenvalue weighted by atomic mass is 16.2. The number of likely N-dealkylation sites (tertiary alicyclic amines) is 2. The van der Waals surface area contributed by atoms with Crippen molar-refractivity contribution in [1.29, 1.82) is 0 Å². The number of hydrogen-bond acceptors (Lipinski definition) is 3. The van der Waals surface area contributed by atoms with Crippen LogP contribution in [0.15, 0.2) is 0 Å². The lowest BCUT2D eigenvalue weighted by Gasteiger charge is -2.38. The molecule has 2 saturated heterocycles. The molecule has 0 saturated carbocycles. The summed E-state index contributed by atoms with van der Waals surface area (Å²) in [6.45, 7) is 9.61. The second-order valence-corrected chi connectivity index (χ2v) is 6.61. The minimum Gasteiger partial charge on any atom is -0.341 e. The van der Waals surface area contributed by atoms with Gasteiger partial charge in [-0.2, -0.15) is 0 Å². The van der Waals surface area contributed by atoms with Crippen LogP contribution < -0.4 is 5.73 Å². The Balaban J connectivity index is 1.79. The van der Waals surface area contributed by atoms with Crippen molar-refractivity contribution >= 4 is 5.91 Å². The van der Waals surface area contributed by atoms with E-state index >= 15 is 0 Å². The van der Waals surface area contributed by atoms with Crippen LogP contribution in [0.2, 0.25) is 0 Å². The molecule has 0 aromatic rings. The van der Waals surface area contributed by atoms with Crippen molar-refractivity contribution in [1.82, 2.24) is 9.80 Å². The van der Waals surface area contributed by atoms with Gasteiger partial charge in [0.25, 0.3) is 0 Å². The van der Waals surface area contributed by atoms with Crippen LogP contribution in [0.1, 0.15) is 52.4 Å². The van der Waals surface area contributed by atoms with Gasteiger partial charge in [-0.3, -0.25) is 4.79 Å². The molecule has 2 fully saturated rings. The van der Waals surface area contributed by atoms with E-state index in [0.29, 0.717) is 0 Å². The molecule has 2 N–H and O–H groups in total. The second kappa shape index (κ2) is 6.90. The van der Waals surface area contributed by atoms with E-state index in [9.17, 15) is 4.79 Å². The van der Waals surface area contributed by atoms with Crippen LogP contribution in [0, 0.1) is 5.92 Å². The standard InChI is InChI=1S/C16H31N3O/c1-3-16(17,4-2)15(20)19-11-7-14(8-12-19)13-18-9-5-6-10-18/h14H,3-13,17H2,1-2H3. The summed E-state index contributed by atoms with van der Waals surface area (Å²) in [4.78, 5) is 17.1. The lowest BCUT2D eigenvalue weighted by atomic mass is 9.89. The molecule has 0 radical (unpaired) electrons. The zero-order valence-electron chi connectivity index (χ0n) is 13.2. The molecule has 2 aliphatic heterocycles. The smallest absolute Gasteiger partial charge is 0.242 e. The predicted molar refractivity (Wildman–Crippen MR) is 82.5 cm³/mol. The molecule has 2 heterocycles. The first kappa shape index (κ1) is 15.8. The summed E-state index contributed by atoms with van der Waals surface area (Å²) >= 11 is 0. The molecule has 4 heteroatoms. The van der Waals surface area contributed by atoms with E-state index in [2.05, 4.69) is 4.90 Å². The summed E-state index contributed by atoms with van der Waals surface area (Å²) in [5.41, 5.74) is 5.60. The van der Waals surface area contributed by atoms with Crippen molar-refractivity contribution in [2.24, 2.45) is 11.7 Å². The fourth-order valence-electron chi connectivity index (χ4n) is 3.52. The maximum absolute atomic E-state index is 12.5. The topological polar surface area (TPSA) is 49.6 Å². The molecule has 1 amide bonds. The van der Waals surface area contributed by atoms with E-state index in [1.165, 1.54) is 32.5 Å². The molecule has 20 heavy (non-hydrogen) atoms. The highest BCUT2D eigenvalue weighted by Gasteiger charge is 2.35. The molecule has 0 aromatic carbocycles. The summed E-state index contributed by atoms with van der Waals surface area (Å²) < 4.78 is 0. The molecule has 0 atom stereocenters. The number of nitrogens with two attached hydrogens (primary N) is 1. The zero-order chi connectivity index (χ0) is 14.6. The maximum atomic E-state index is 12.5. The Labute approximate surface area is 123 Å². The van der Waals surface area contributed by atoms with Gasteiger partial charge in [-0.1, -0.05) is 13.8 Å². The van der Waals surface area contributed by atoms with Gasteiger partial charge < -0.3 is 15.5 Å². The van der Waals surface area contributed by atoms with Gasteiger partial charge in [-0.15, -0.1) is 0 Å². The highest BCUT2D eigenvalue weighted by Crippen LogP contribution is 2.23. The number of hydrogen-bond donors (Lipinski definition) is 1. The number of rotatable bonds is 5. The lowest BCUT2D eigenvalue weighted by molar-refractivity contribution is -0.138. The quantitative estimate of drug-likeness (QED) is 0.836. The van der Waals surface area contributed by atoms with Crippen molar-refractivity contribution in [2.75, 3.05) is 32.7 Å². The van der Waals surface area contributed by atoms with Gasteiger partial charge in [0.2, 0.25) is 5.91 Å². The third-order valence-corrected chi connectivity index (χ3v) is 5.30. The van der Waals surface area contributed by atoms with Crippen LogP contribution in [0.25, 0.3) is 0 Å². The number of piperidine rings is 1. The first-order chi connectivity index (χ1) is 9.59. The van der Waals surface area contributed by atoms with Crippen LogP contribution in [0.5, 0.6) is 0 Å². The van der Waals surface area contributed by atoms with Crippen LogP contribution in [-0.2, 0) is 4.79 Å². The molecular weight excluding hydrogens is 250 g/mol. The SMILES string of the molecule is CCC(N)(CC)C(=O)N1CCC(CN2CCCC2)CC1. The van der Waals surface area contributed by atoms with E-state index < -0.39 is 5.54 Å². The van der Waals surface area contributed by atoms with Crippen molar-refractivity contribution in [3.8, 4) is 0 Å². The Morgan fingerprint density at radius 2 is 1.65 bits per heavy atom. The Kier molecular flexibility index (Phi) is 5.44. The molecule has 2 rings (SSSR count). The van der Waals surface area contributed by atoms with Crippen molar-refractivity contribution < 1.29 is 4.79 Å². The number of nitrogens with zero attached hydrogens (tertiary/aromatic N) is 2. The van der Waals surface area contributed by atoms with E-state index in [-0.39, 0.29) is 5.91 Å². The van der Waals surface area contributed by atoms with Crippen molar-refractivity contribution in [3.05, 3.63) is 0 Å². The largest absolute Gasteiger partial charge is 0.341 e. The van der Waals surface area contributed by atoms with Gasteiger partial charge in [0.15, 0.2) is 0 Å². The lowest BCUT2D eigenvalue weighted by Crippen LogP contribution is -2.56. The number of amides is 1. The fourth-order valence-corrected chi connectivity index (χ4v) is 3.52. The molecule has 0 unspecified atom stereocenters. The highest BCUT2D eigenvalue weighted by molar-refractivity contribution is 5.86. The van der Waals surface area contributed by atoms with Crippen molar-refractivity contribution in [2.45, 2.75) is 57.9 Å². The van der Waals surface area contributed by atoms with Gasteiger partial charge in [0.1, 0.15) is 0 Å². The molecule has 2 aliphatic rings. The molecule has 4 nitrogen and oxygen atoms in total. The normalized spacial score (nSPS) is 22.4. The molecule has 0 aromatic heterocycles. The van der Waals surface area contributed by atoms with E-state index in [1.807, 2.05) is 18.7 Å².